The van der Waals surface area contributed by atoms with Crippen molar-refractivity contribution in [1.29, 1.82) is 0 Å². The van der Waals surface area contributed by atoms with Crippen molar-refractivity contribution in [3.8, 4) is 5.75 Å². The zero-order valence-electron chi connectivity index (χ0n) is 20.2. The first-order chi connectivity index (χ1) is 15.4. The van der Waals surface area contributed by atoms with E-state index >= 15 is 0 Å². The van der Waals surface area contributed by atoms with E-state index in [1.54, 1.807) is 25.1 Å². The fourth-order valence-electron chi connectivity index (χ4n) is 3.15. The second-order valence-electron chi connectivity index (χ2n) is 9.61. The quantitative estimate of drug-likeness (QED) is 0.477. The van der Waals surface area contributed by atoms with Crippen molar-refractivity contribution >= 4 is 27.7 Å². The minimum Gasteiger partial charge on any atom is -0.483 e. The second kappa shape index (κ2) is 11.6. The van der Waals surface area contributed by atoms with Crippen LogP contribution in [0.25, 0.3) is 0 Å². The maximum absolute atomic E-state index is 14.3. The molecule has 0 bridgehead atoms. The molecule has 2 aromatic carbocycles. The summed E-state index contributed by atoms with van der Waals surface area (Å²) in [5.41, 5.74) is 1.45. The number of amides is 2. The number of benzene rings is 2. The van der Waals surface area contributed by atoms with Gasteiger partial charge in [-0.05, 0) is 57.9 Å². The number of rotatable bonds is 9. The Morgan fingerprint density at radius 3 is 2.36 bits per heavy atom. The van der Waals surface area contributed by atoms with E-state index in [0.29, 0.717) is 17.9 Å². The van der Waals surface area contributed by atoms with Gasteiger partial charge in [-0.25, -0.2) is 4.39 Å². The van der Waals surface area contributed by atoms with Gasteiger partial charge < -0.3 is 15.0 Å². The first-order valence-electron chi connectivity index (χ1n) is 11.1. The van der Waals surface area contributed by atoms with Gasteiger partial charge in [0, 0.05) is 18.7 Å². The van der Waals surface area contributed by atoms with Crippen molar-refractivity contribution in [2.75, 3.05) is 13.2 Å². The average molecular weight is 521 g/mol. The zero-order chi connectivity index (χ0) is 24.8. The molecule has 0 saturated heterocycles. The molecule has 5 nitrogen and oxygen atoms in total. The third-order valence-corrected chi connectivity index (χ3v) is 5.92. The van der Waals surface area contributed by atoms with E-state index in [-0.39, 0.29) is 30.4 Å². The number of nitrogens with zero attached hydrogens (tertiary/aromatic N) is 1. The van der Waals surface area contributed by atoms with Crippen LogP contribution < -0.4 is 10.1 Å². The van der Waals surface area contributed by atoms with Crippen molar-refractivity contribution in [2.24, 2.45) is 5.92 Å². The Labute approximate surface area is 204 Å². The molecule has 0 aliphatic rings. The van der Waals surface area contributed by atoms with Crippen LogP contribution in [0, 0.1) is 11.7 Å². The van der Waals surface area contributed by atoms with E-state index in [9.17, 15) is 14.0 Å². The lowest BCUT2D eigenvalue weighted by atomic mass is 9.87. The molecule has 2 amide bonds. The maximum Gasteiger partial charge on any atom is 0.261 e. The van der Waals surface area contributed by atoms with E-state index in [2.05, 4.69) is 42.0 Å². The molecule has 1 N–H and O–H groups in total. The molecule has 0 aliphatic carbocycles. The Morgan fingerprint density at radius 1 is 1.12 bits per heavy atom. The fraction of sp³-hybridized carbons (Fsp3) is 0.462. The topological polar surface area (TPSA) is 58.6 Å². The van der Waals surface area contributed by atoms with Crippen molar-refractivity contribution < 1.29 is 18.7 Å². The van der Waals surface area contributed by atoms with Crippen LogP contribution in [0.3, 0.4) is 0 Å². The normalized spacial score (nSPS) is 12.4. The molecule has 0 aromatic heterocycles. The van der Waals surface area contributed by atoms with Crippen LogP contribution in [0.5, 0.6) is 5.75 Å². The van der Waals surface area contributed by atoms with Gasteiger partial charge in [-0.2, -0.15) is 0 Å². The largest absolute Gasteiger partial charge is 0.483 e. The monoisotopic (exact) mass is 520 g/mol. The number of halogens is 2. The smallest absolute Gasteiger partial charge is 0.261 e. The van der Waals surface area contributed by atoms with Crippen LogP contribution in [0.15, 0.2) is 46.9 Å². The Bertz CT molecular complexity index is 972. The lowest BCUT2D eigenvalue weighted by Crippen LogP contribution is -2.49. The van der Waals surface area contributed by atoms with Crippen LogP contribution in [-0.4, -0.2) is 35.9 Å². The Hall–Kier alpha value is -2.41. The molecular formula is C26H34BrFN2O3. The first-order valence-corrected chi connectivity index (χ1v) is 11.9. The number of carbonyl (C=O) groups is 2. The van der Waals surface area contributed by atoms with Gasteiger partial charge >= 0.3 is 0 Å². The molecule has 2 rings (SSSR count). The highest BCUT2D eigenvalue weighted by Crippen LogP contribution is 2.31. The third-order valence-electron chi connectivity index (χ3n) is 5.30. The Morgan fingerprint density at radius 2 is 1.79 bits per heavy atom. The summed E-state index contributed by atoms with van der Waals surface area (Å²) in [6, 6.07) is 11.2. The minimum absolute atomic E-state index is 0.0216. The van der Waals surface area contributed by atoms with Crippen molar-refractivity contribution in [2.45, 2.75) is 59.5 Å². The highest BCUT2D eigenvalue weighted by atomic mass is 79.9. The van der Waals surface area contributed by atoms with Crippen molar-refractivity contribution in [3.63, 3.8) is 0 Å². The predicted molar refractivity (Wildman–Crippen MR) is 133 cm³/mol. The third kappa shape index (κ3) is 7.84. The predicted octanol–water partition coefficient (Wildman–Crippen LogP) is 5.45. The van der Waals surface area contributed by atoms with E-state index in [0.717, 1.165) is 10.0 Å². The molecule has 0 saturated carbocycles. The van der Waals surface area contributed by atoms with Crippen LogP contribution in [0.4, 0.5) is 4.39 Å². The maximum atomic E-state index is 14.3. The molecular weight excluding hydrogens is 487 g/mol. The van der Waals surface area contributed by atoms with Gasteiger partial charge in [0.05, 0.1) is 4.47 Å². The van der Waals surface area contributed by atoms with Gasteiger partial charge in [0.2, 0.25) is 5.91 Å². The van der Waals surface area contributed by atoms with Gasteiger partial charge in [0.1, 0.15) is 17.6 Å². The molecule has 7 heteroatoms. The van der Waals surface area contributed by atoms with Crippen LogP contribution in [0.1, 0.15) is 52.7 Å². The lowest BCUT2D eigenvalue weighted by molar-refractivity contribution is -0.142. The summed E-state index contributed by atoms with van der Waals surface area (Å²) in [6.07, 6.45) is 0. The summed E-state index contributed by atoms with van der Waals surface area (Å²) in [6.45, 7) is 12.2. The van der Waals surface area contributed by atoms with Gasteiger partial charge in [0.15, 0.2) is 6.61 Å². The zero-order valence-corrected chi connectivity index (χ0v) is 21.8. The lowest BCUT2D eigenvalue weighted by Gasteiger charge is -2.29. The van der Waals surface area contributed by atoms with E-state index in [1.165, 1.54) is 11.0 Å². The molecule has 1 atom stereocenters. The number of hydrogen-bond donors (Lipinski definition) is 1. The summed E-state index contributed by atoms with van der Waals surface area (Å²) in [4.78, 5) is 27.2. The van der Waals surface area contributed by atoms with Gasteiger partial charge in [-0.15, -0.1) is 0 Å². The first kappa shape index (κ1) is 26.8. The van der Waals surface area contributed by atoms with Crippen molar-refractivity contribution in [1.82, 2.24) is 10.2 Å². The average Bonchev–Trinajstić information content (AvgIpc) is 2.74. The van der Waals surface area contributed by atoms with Crippen molar-refractivity contribution in [3.05, 3.63) is 63.9 Å². The molecule has 0 aliphatic heterocycles. The van der Waals surface area contributed by atoms with Gasteiger partial charge in [-0.1, -0.05) is 58.9 Å². The highest BCUT2D eigenvalue weighted by Gasteiger charge is 2.27. The fourth-order valence-corrected chi connectivity index (χ4v) is 3.65. The van der Waals surface area contributed by atoms with Crippen LogP contribution in [-0.2, 0) is 21.5 Å². The van der Waals surface area contributed by atoms with Crippen LogP contribution in [0.2, 0.25) is 0 Å². The number of nitrogens with one attached hydrogen (secondary N) is 1. The summed E-state index contributed by atoms with van der Waals surface area (Å²) >= 11 is 3.51. The molecule has 0 unspecified atom stereocenters. The second-order valence-corrected chi connectivity index (χ2v) is 10.5. The number of carbonyl (C=O) groups excluding carboxylic acids is 2. The highest BCUT2D eigenvalue weighted by molar-refractivity contribution is 9.10. The minimum atomic E-state index is -0.786. The molecule has 2 aromatic rings. The number of ether oxygens (including phenoxy) is 1. The standard InChI is InChI=1S/C26H34BrFN2O3/c1-17(2)14-29-25(32)18(3)30(15-19-9-7-8-10-22(19)28)24(31)16-33-23-12-11-20(13-21(23)27)26(4,5)6/h7-13,17-18H,14-16H2,1-6H3,(H,29,32)/t18-/m1/s1. The number of hydrogen-bond acceptors (Lipinski definition) is 3. The summed E-state index contributed by atoms with van der Waals surface area (Å²) in [7, 11) is 0. The van der Waals surface area contributed by atoms with Crippen LogP contribution >= 0.6 is 15.9 Å². The van der Waals surface area contributed by atoms with E-state index in [4.69, 9.17) is 4.74 Å². The van der Waals surface area contributed by atoms with E-state index < -0.39 is 17.8 Å². The molecule has 0 spiro atoms. The Balaban J connectivity index is 2.19. The summed E-state index contributed by atoms with van der Waals surface area (Å²) in [5.74, 6) is -0.319. The molecule has 33 heavy (non-hydrogen) atoms. The Kier molecular flexibility index (Phi) is 9.46. The molecule has 0 heterocycles. The SMILES string of the molecule is CC(C)CNC(=O)[C@@H](C)N(Cc1ccccc1F)C(=O)COc1ccc(C(C)(C)C)cc1Br. The molecule has 0 fully saturated rings. The van der Waals surface area contributed by atoms with Gasteiger partial charge in [0.25, 0.3) is 5.91 Å². The van der Waals surface area contributed by atoms with E-state index in [1.807, 2.05) is 32.0 Å². The van der Waals surface area contributed by atoms with Gasteiger partial charge in [-0.3, -0.25) is 9.59 Å². The molecule has 180 valence electrons. The summed E-state index contributed by atoms with van der Waals surface area (Å²) < 4.78 is 20.8. The molecule has 0 radical (unpaired) electrons. The summed E-state index contributed by atoms with van der Waals surface area (Å²) in [5, 5.41) is 2.85.